The van der Waals surface area contributed by atoms with Crippen molar-refractivity contribution in [2.45, 2.75) is 13.0 Å². The highest BCUT2D eigenvalue weighted by atomic mass is 16.5. The van der Waals surface area contributed by atoms with Crippen LogP contribution in [0.15, 0.2) is 60.3 Å². The van der Waals surface area contributed by atoms with Crippen molar-refractivity contribution in [2.75, 3.05) is 45.3 Å². The molecule has 0 amide bonds. The third-order valence-corrected chi connectivity index (χ3v) is 5.84. The molecule has 7 nitrogen and oxygen atoms in total. The first-order valence-electron chi connectivity index (χ1n) is 11.2. The molecular weight excluding hydrogens is 416 g/mol. The Hall–Kier alpha value is -3.42. The van der Waals surface area contributed by atoms with E-state index in [0.29, 0.717) is 13.2 Å². The van der Waals surface area contributed by atoms with E-state index in [1.54, 1.807) is 7.11 Å². The van der Waals surface area contributed by atoms with E-state index in [1.165, 1.54) is 5.57 Å². The molecule has 0 spiro atoms. The average Bonchev–Trinajstić information content (AvgIpc) is 2.84. The predicted molar refractivity (Wildman–Crippen MR) is 128 cm³/mol. The second-order valence-corrected chi connectivity index (χ2v) is 8.35. The molecule has 2 aliphatic heterocycles. The van der Waals surface area contributed by atoms with Gasteiger partial charge in [0, 0.05) is 30.9 Å². The minimum Gasteiger partial charge on any atom is -0.497 e. The van der Waals surface area contributed by atoms with E-state index < -0.39 is 0 Å². The van der Waals surface area contributed by atoms with Gasteiger partial charge in [-0.2, -0.15) is 0 Å². The van der Waals surface area contributed by atoms with Gasteiger partial charge in [0.1, 0.15) is 30.0 Å². The van der Waals surface area contributed by atoms with Crippen LogP contribution < -0.4 is 14.8 Å². The molecule has 5 rings (SSSR count). The topological polar surface area (TPSA) is 68.7 Å². The standard InChI is InChI=1S/C26H28N4O3/c1-18-4-3-5-26(28-18)29-21-6-8-23(27-14-21)25-16-30(10-11-32-25)15-19-12-20-13-22(31-2)7-9-24(20)33-17-19/h3-9,12-14,25H,10-11,15-17H2,1-2H3,(H,28,29)/t25-/m0/s1. The number of nitrogens with zero attached hydrogens (tertiary/aromatic N) is 3. The van der Waals surface area contributed by atoms with E-state index in [9.17, 15) is 0 Å². The Bertz CT molecular complexity index is 1150. The number of fused-ring (bicyclic) bond motifs is 1. The molecule has 33 heavy (non-hydrogen) atoms. The normalized spacial score (nSPS) is 18.1. The van der Waals surface area contributed by atoms with Crippen LogP contribution in [0.2, 0.25) is 0 Å². The smallest absolute Gasteiger partial charge is 0.130 e. The molecule has 4 heterocycles. The molecule has 0 radical (unpaired) electrons. The number of morpholine rings is 1. The minimum atomic E-state index is -0.0533. The van der Waals surface area contributed by atoms with Crippen molar-refractivity contribution in [1.29, 1.82) is 0 Å². The SMILES string of the molecule is COc1ccc2c(c1)C=C(CN1CCO[C@H](c3ccc(Nc4cccc(C)n4)cn3)C1)CO2. The molecule has 2 aromatic heterocycles. The summed E-state index contributed by atoms with van der Waals surface area (Å²) >= 11 is 0. The Morgan fingerprint density at radius 1 is 1.18 bits per heavy atom. The molecule has 0 saturated carbocycles. The molecule has 0 unspecified atom stereocenters. The minimum absolute atomic E-state index is 0.0533. The molecule has 1 atom stereocenters. The molecule has 170 valence electrons. The van der Waals surface area contributed by atoms with Gasteiger partial charge in [0.2, 0.25) is 0 Å². The van der Waals surface area contributed by atoms with E-state index in [1.807, 2.05) is 61.7 Å². The first-order valence-corrected chi connectivity index (χ1v) is 11.2. The number of aromatic nitrogens is 2. The van der Waals surface area contributed by atoms with E-state index in [-0.39, 0.29) is 6.10 Å². The maximum Gasteiger partial charge on any atom is 0.130 e. The number of anilines is 2. The number of ether oxygens (including phenoxy) is 3. The van der Waals surface area contributed by atoms with Crippen LogP contribution in [0.4, 0.5) is 11.5 Å². The summed E-state index contributed by atoms with van der Waals surface area (Å²) in [7, 11) is 1.68. The zero-order valence-corrected chi connectivity index (χ0v) is 19.0. The Labute approximate surface area is 194 Å². The lowest BCUT2D eigenvalue weighted by atomic mass is 10.1. The van der Waals surface area contributed by atoms with Crippen molar-refractivity contribution >= 4 is 17.6 Å². The maximum atomic E-state index is 6.04. The molecular formula is C26H28N4O3. The summed E-state index contributed by atoms with van der Waals surface area (Å²) in [6.45, 7) is 5.78. The van der Waals surface area contributed by atoms with Crippen LogP contribution in [-0.4, -0.2) is 54.8 Å². The number of pyridine rings is 2. The van der Waals surface area contributed by atoms with Crippen LogP contribution in [0.25, 0.3) is 6.08 Å². The predicted octanol–water partition coefficient (Wildman–Crippen LogP) is 4.39. The molecule has 1 saturated heterocycles. The molecule has 3 aromatic rings. The van der Waals surface area contributed by atoms with Crippen LogP contribution in [-0.2, 0) is 4.74 Å². The number of hydrogen-bond donors (Lipinski definition) is 1. The first-order chi connectivity index (χ1) is 16.2. The molecule has 7 heteroatoms. The van der Waals surface area contributed by atoms with Gasteiger partial charge in [-0.25, -0.2) is 4.98 Å². The third-order valence-electron chi connectivity index (χ3n) is 5.84. The first kappa shape index (κ1) is 21.4. The number of nitrogens with one attached hydrogen (secondary N) is 1. The molecule has 2 aliphatic rings. The molecule has 0 aliphatic carbocycles. The quantitative estimate of drug-likeness (QED) is 0.605. The van der Waals surface area contributed by atoms with Crippen molar-refractivity contribution in [1.82, 2.24) is 14.9 Å². The Morgan fingerprint density at radius 2 is 2.12 bits per heavy atom. The van der Waals surface area contributed by atoms with Crippen molar-refractivity contribution in [3.05, 3.63) is 77.3 Å². The van der Waals surface area contributed by atoms with Crippen LogP contribution in [0.3, 0.4) is 0 Å². The van der Waals surface area contributed by atoms with E-state index in [2.05, 4.69) is 26.3 Å². The monoisotopic (exact) mass is 444 g/mol. The Kier molecular flexibility index (Phi) is 6.24. The summed E-state index contributed by atoms with van der Waals surface area (Å²) in [6, 6.07) is 15.9. The molecule has 1 N–H and O–H groups in total. The van der Waals surface area contributed by atoms with Crippen molar-refractivity contribution in [2.24, 2.45) is 0 Å². The summed E-state index contributed by atoms with van der Waals surface area (Å²) in [6.07, 6.45) is 4.00. The summed E-state index contributed by atoms with van der Waals surface area (Å²) in [5.74, 6) is 2.55. The van der Waals surface area contributed by atoms with Crippen LogP contribution in [0, 0.1) is 6.92 Å². The highest BCUT2D eigenvalue weighted by molar-refractivity contribution is 5.64. The fourth-order valence-corrected chi connectivity index (χ4v) is 4.16. The lowest BCUT2D eigenvalue weighted by Crippen LogP contribution is -2.40. The van der Waals surface area contributed by atoms with Crippen molar-refractivity contribution in [3.63, 3.8) is 0 Å². The van der Waals surface area contributed by atoms with E-state index in [0.717, 1.165) is 59.6 Å². The zero-order valence-electron chi connectivity index (χ0n) is 19.0. The van der Waals surface area contributed by atoms with E-state index in [4.69, 9.17) is 14.2 Å². The summed E-state index contributed by atoms with van der Waals surface area (Å²) < 4.78 is 17.3. The highest BCUT2D eigenvalue weighted by Gasteiger charge is 2.24. The second kappa shape index (κ2) is 9.60. The summed E-state index contributed by atoms with van der Waals surface area (Å²) in [5, 5.41) is 3.30. The Balaban J connectivity index is 1.22. The van der Waals surface area contributed by atoms with Gasteiger partial charge < -0.3 is 19.5 Å². The number of benzene rings is 1. The van der Waals surface area contributed by atoms with Gasteiger partial charge >= 0.3 is 0 Å². The van der Waals surface area contributed by atoms with Gasteiger partial charge in [0.15, 0.2) is 0 Å². The van der Waals surface area contributed by atoms with Gasteiger partial charge in [-0.15, -0.1) is 0 Å². The third kappa shape index (κ3) is 5.16. The van der Waals surface area contributed by atoms with Crippen LogP contribution in [0.5, 0.6) is 11.5 Å². The highest BCUT2D eigenvalue weighted by Crippen LogP contribution is 2.31. The number of hydrogen-bond acceptors (Lipinski definition) is 7. The van der Waals surface area contributed by atoms with Crippen LogP contribution >= 0.6 is 0 Å². The Morgan fingerprint density at radius 3 is 2.94 bits per heavy atom. The molecule has 1 fully saturated rings. The van der Waals surface area contributed by atoms with Crippen molar-refractivity contribution < 1.29 is 14.2 Å². The van der Waals surface area contributed by atoms with Gasteiger partial charge in [-0.1, -0.05) is 6.07 Å². The lowest BCUT2D eigenvalue weighted by Gasteiger charge is -2.33. The number of methoxy groups -OCH3 is 1. The zero-order chi connectivity index (χ0) is 22.6. The van der Waals surface area contributed by atoms with E-state index >= 15 is 0 Å². The average molecular weight is 445 g/mol. The summed E-state index contributed by atoms with van der Waals surface area (Å²) in [5.41, 5.74) is 5.12. The second-order valence-electron chi connectivity index (χ2n) is 8.35. The van der Waals surface area contributed by atoms with Crippen LogP contribution in [0.1, 0.15) is 23.1 Å². The fraction of sp³-hybridized carbons (Fsp3) is 0.308. The maximum absolute atomic E-state index is 6.04. The fourth-order valence-electron chi connectivity index (χ4n) is 4.16. The largest absolute Gasteiger partial charge is 0.497 e. The van der Waals surface area contributed by atoms with Gasteiger partial charge in [-0.3, -0.25) is 9.88 Å². The van der Waals surface area contributed by atoms with Crippen molar-refractivity contribution in [3.8, 4) is 11.5 Å². The van der Waals surface area contributed by atoms with Gasteiger partial charge in [0.25, 0.3) is 0 Å². The number of rotatable bonds is 6. The van der Waals surface area contributed by atoms with Gasteiger partial charge in [0.05, 0.1) is 31.3 Å². The van der Waals surface area contributed by atoms with Gasteiger partial charge in [-0.05, 0) is 61.0 Å². The lowest BCUT2D eigenvalue weighted by molar-refractivity contribution is -0.0294. The molecule has 0 bridgehead atoms. The summed E-state index contributed by atoms with van der Waals surface area (Å²) in [4.78, 5) is 11.5. The molecule has 1 aromatic carbocycles. The number of aryl methyl sites for hydroxylation is 1.